The zero-order valence-electron chi connectivity index (χ0n) is 7.72. The van der Waals surface area contributed by atoms with Gasteiger partial charge in [-0.05, 0) is 18.8 Å². The maximum absolute atomic E-state index is 11.3. The van der Waals surface area contributed by atoms with Crippen LogP contribution in [0.2, 0.25) is 0 Å². The molecule has 0 aliphatic heterocycles. The quantitative estimate of drug-likeness (QED) is 0.547. The number of carbonyl (C=O) groups is 1. The van der Waals surface area contributed by atoms with Gasteiger partial charge in [0, 0.05) is 12.8 Å². The standard InChI is InChI=1S/C11H18O/c1-2-10-7-5-3-4-6-8-11(12)9-10/h2,10H,1,3-9H2. The summed E-state index contributed by atoms with van der Waals surface area (Å²) in [7, 11) is 0. The van der Waals surface area contributed by atoms with Crippen LogP contribution >= 0.6 is 0 Å². The molecular weight excluding hydrogens is 148 g/mol. The number of hydrogen-bond acceptors (Lipinski definition) is 1. The molecule has 1 nitrogen and oxygen atoms in total. The molecule has 0 aromatic rings. The second-order valence-corrected chi connectivity index (χ2v) is 3.69. The maximum atomic E-state index is 11.3. The summed E-state index contributed by atoms with van der Waals surface area (Å²) in [5.41, 5.74) is 0. The van der Waals surface area contributed by atoms with Crippen LogP contribution in [-0.4, -0.2) is 5.78 Å². The van der Waals surface area contributed by atoms with E-state index in [9.17, 15) is 4.79 Å². The minimum absolute atomic E-state index is 0.432. The molecule has 1 rings (SSSR count). The van der Waals surface area contributed by atoms with E-state index in [1.165, 1.54) is 19.3 Å². The molecule has 1 saturated carbocycles. The Kier molecular flexibility index (Phi) is 4.06. The van der Waals surface area contributed by atoms with Gasteiger partial charge >= 0.3 is 0 Å². The van der Waals surface area contributed by atoms with Crippen LogP contribution in [0.15, 0.2) is 12.7 Å². The van der Waals surface area contributed by atoms with Gasteiger partial charge in [-0.3, -0.25) is 4.79 Å². The summed E-state index contributed by atoms with van der Waals surface area (Å²) in [6, 6.07) is 0. The van der Waals surface area contributed by atoms with Crippen molar-refractivity contribution in [3.05, 3.63) is 12.7 Å². The van der Waals surface area contributed by atoms with Gasteiger partial charge < -0.3 is 0 Å². The van der Waals surface area contributed by atoms with Crippen molar-refractivity contribution in [3.8, 4) is 0 Å². The molecule has 0 saturated heterocycles. The van der Waals surface area contributed by atoms with Gasteiger partial charge in [0.05, 0.1) is 0 Å². The Morgan fingerprint density at radius 1 is 1.25 bits per heavy atom. The van der Waals surface area contributed by atoms with Gasteiger partial charge in [0.1, 0.15) is 5.78 Å². The predicted molar refractivity (Wildman–Crippen MR) is 51.0 cm³/mol. The van der Waals surface area contributed by atoms with Crippen molar-refractivity contribution in [1.29, 1.82) is 0 Å². The van der Waals surface area contributed by atoms with Crippen molar-refractivity contribution < 1.29 is 4.79 Å². The fraction of sp³-hybridized carbons (Fsp3) is 0.727. The average Bonchev–Trinajstić information content (AvgIpc) is 2.16. The molecule has 1 aliphatic rings. The lowest BCUT2D eigenvalue weighted by Gasteiger charge is -2.08. The summed E-state index contributed by atoms with van der Waals surface area (Å²) in [4.78, 5) is 11.3. The molecule has 12 heavy (non-hydrogen) atoms. The van der Waals surface area contributed by atoms with E-state index in [2.05, 4.69) is 6.58 Å². The smallest absolute Gasteiger partial charge is 0.133 e. The Hall–Kier alpha value is -0.590. The van der Waals surface area contributed by atoms with E-state index < -0.39 is 0 Å². The number of carbonyl (C=O) groups excluding carboxylic acids is 1. The van der Waals surface area contributed by atoms with E-state index in [0.29, 0.717) is 11.7 Å². The number of hydrogen-bond donors (Lipinski definition) is 0. The number of allylic oxidation sites excluding steroid dienone is 1. The van der Waals surface area contributed by atoms with E-state index in [4.69, 9.17) is 0 Å². The molecule has 0 heterocycles. The Labute approximate surface area is 74.9 Å². The minimum atomic E-state index is 0.432. The highest BCUT2D eigenvalue weighted by Crippen LogP contribution is 2.20. The number of Topliss-reactive ketones (excluding diaryl/α,β-unsaturated/α-hetero) is 1. The lowest BCUT2D eigenvalue weighted by molar-refractivity contribution is -0.119. The molecule has 0 aromatic carbocycles. The van der Waals surface area contributed by atoms with Crippen LogP contribution in [0.1, 0.15) is 44.9 Å². The predicted octanol–water partition coefficient (Wildman–Crippen LogP) is 3.10. The van der Waals surface area contributed by atoms with Gasteiger partial charge in [0.25, 0.3) is 0 Å². The van der Waals surface area contributed by atoms with E-state index in [1.807, 2.05) is 6.08 Å². The highest BCUT2D eigenvalue weighted by Gasteiger charge is 2.12. The molecular formula is C11H18O. The molecule has 0 bridgehead atoms. The Morgan fingerprint density at radius 2 is 2.00 bits per heavy atom. The van der Waals surface area contributed by atoms with Crippen molar-refractivity contribution in [3.63, 3.8) is 0 Å². The first-order valence-corrected chi connectivity index (χ1v) is 4.97. The molecule has 1 unspecified atom stereocenters. The Morgan fingerprint density at radius 3 is 2.75 bits per heavy atom. The normalized spacial score (nSPS) is 27.0. The molecule has 1 aliphatic carbocycles. The summed E-state index contributed by atoms with van der Waals surface area (Å²) in [6.07, 6.45) is 9.53. The van der Waals surface area contributed by atoms with Crippen LogP contribution in [0.3, 0.4) is 0 Å². The zero-order chi connectivity index (χ0) is 8.81. The minimum Gasteiger partial charge on any atom is -0.300 e. The summed E-state index contributed by atoms with van der Waals surface area (Å²) >= 11 is 0. The van der Waals surface area contributed by atoms with Crippen LogP contribution in [0.5, 0.6) is 0 Å². The van der Waals surface area contributed by atoms with Crippen molar-refractivity contribution in [2.24, 2.45) is 5.92 Å². The molecule has 68 valence electrons. The van der Waals surface area contributed by atoms with Crippen molar-refractivity contribution in [1.82, 2.24) is 0 Å². The molecule has 1 fully saturated rings. The van der Waals surface area contributed by atoms with Crippen molar-refractivity contribution in [2.75, 3.05) is 0 Å². The van der Waals surface area contributed by atoms with Gasteiger partial charge in [0.2, 0.25) is 0 Å². The molecule has 0 amide bonds. The average molecular weight is 166 g/mol. The lowest BCUT2D eigenvalue weighted by Crippen LogP contribution is -2.04. The highest BCUT2D eigenvalue weighted by molar-refractivity contribution is 5.78. The maximum Gasteiger partial charge on any atom is 0.133 e. The van der Waals surface area contributed by atoms with Crippen molar-refractivity contribution in [2.45, 2.75) is 44.9 Å². The first-order valence-electron chi connectivity index (χ1n) is 4.97. The zero-order valence-corrected chi connectivity index (χ0v) is 7.72. The van der Waals surface area contributed by atoms with Gasteiger partial charge in [-0.1, -0.05) is 25.3 Å². The second-order valence-electron chi connectivity index (χ2n) is 3.69. The Bertz CT molecular complexity index is 160. The summed E-state index contributed by atoms with van der Waals surface area (Å²) in [5.74, 6) is 0.886. The van der Waals surface area contributed by atoms with Crippen LogP contribution in [0.25, 0.3) is 0 Å². The first kappa shape index (κ1) is 9.50. The molecule has 1 heteroatoms. The van der Waals surface area contributed by atoms with Crippen LogP contribution in [0.4, 0.5) is 0 Å². The van der Waals surface area contributed by atoms with Gasteiger partial charge in [-0.15, -0.1) is 6.58 Å². The molecule has 0 radical (unpaired) electrons. The topological polar surface area (TPSA) is 17.1 Å². The van der Waals surface area contributed by atoms with E-state index in [-0.39, 0.29) is 0 Å². The first-order chi connectivity index (χ1) is 5.83. The fourth-order valence-corrected chi connectivity index (χ4v) is 1.78. The van der Waals surface area contributed by atoms with Gasteiger partial charge in [-0.25, -0.2) is 0 Å². The van der Waals surface area contributed by atoms with E-state index >= 15 is 0 Å². The number of rotatable bonds is 1. The monoisotopic (exact) mass is 166 g/mol. The summed E-state index contributed by atoms with van der Waals surface area (Å²) in [5, 5.41) is 0. The largest absolute Gasteiger partial charge is 0.300 e. The van der Waals surface area contributed by atoms with Gasteiger partial charge in [0.15, 0.2) is 0 Å². The van der Waals surface area contributed by atoms with Crippen LogP contribution in [0, 0.1) is 5.92 Å². The third-order valence-corrected chi connectivity index (χ3v) is 2.60. The van der Waals surface area contributed by atoms with Crippen molar-refractivity contribution >= 4 is 5.78 Å². The van der Waals surface area contributed by atoms with Crippen LogP contribution in [-0.2, 0) is 4.79 Å². The second kappa shape index (κ2) is 5.13. The Balaban J connectivity index is 2.42. The summed E-state index contributed by atoms with van der Waals surface area (Å²) in [6.45, 7) is 3.77. The molecule has 0 spiro atoms. The van der Waals surface area contributed by atoms with Gasteiger partial charge in [-0.2, -0.15) is 0 Å². The SMILES string of the molecule is C=CC1CCCCCCC(=O)C1. The fourth-order valence-electron chi connectivity index (χ4n) is 1.78. The number of ketones is 1. The third-order valence-electron chi connectivity index (χ3n) is 2.60. The summed E-state index contributed by atoms with van der Waals surface area (Å²) < 4.78 is 0. The van der Waals surface area contributed by atoms with Crippen LogP contribution < -0.4 is 0 Å². The molecule has 0 aromatic heterocycles. The van der Waals surface area contributed by atoms with E-state index in [1.54, 1.807) is 0 Å². The van der Waals surface area contributed by atoms with E-state index in [0.717, 1.165) is 25.7 Å². The lowest BCUT2D eigenvalue weighted by atomic mass is 9.97. The molecule has 1 atom stereocenters. The third kappa shape index (κ3) is 3.21. The molecule has 0 N–H and O–H groups in total. The highest BCUT2D eigenvalue weighted by atomic mass is 16.1.